The Balaban J connectivity index is 3.07. The Bertz CT molecular complexity index is 329. The van der Waals surface area contributed by atoms with E-state index in [-0.39, 0.29) is 12.4 Å². The van der Waals surface area contributed by atoms with Gasteiger partial charge < -0.3 is 15.2 Å². The van der Waals surface area contributed by atoms with Crippen LogP contribution in [0, 0.1) is 5.82 Å². The molecule has 0 fully saturated rings. The number of ether oxygens (including phenoxy) is 2. The van der Waals surface area contributed by atoms with Crippen LogP contribution in [0.3, 0.4) is 0 Å². The molecule has 0 aliphatic heterocycles. The molecule has 0 amide bonds. The average Bonchev–Trinajstić information content (AvgIpc) is 2.22. The molecule has 1 aromatic rings. The maximum atomic E-state index is 13.4. The summed E-state index contributed by atoms with van der Waals surface area (Å²) >= 11 is 0. The fourth-order valence-corrected chi connectivity index (χ4v) is 1.27. The smallest absolute Gasteiger partial charge is 0.164 e. The van der Waals surface area contributed by atoms with Crippen molar-refractivity contribution in [2.45, 2.75) is 20.4 Å². The van der Waals surface area contributed by atoms with Gasteiger partial charge in [0, 0.05) is 18.2 Å². The van der Waals surface area contributed by atoms with Crippen molar-refractivity contribution in [2.75, 3.05) is 13.2 Å². The summed E-state index contributed by atoms with van der Waals surface area (Å²) in [6.45, 7) is 4.83. The van der Waals surface area contributed by atoms with E-state index < -0.39 is 0 Å². The first-order valence-corrected chi connectivity index (χ1v) is 5.01. The number of halogens is 1. The lowest BCUT2D eigenvalue weighted by Gasteiger charge is -2.12. The highest BCUT2D eigenvalue weighted by Gasteiger charge is 2.10. The summed E-state index contributed by atoms with van der Waals surface area (Å²) in [6.07, 6.45) is 0. The van der Waals surface area contributed by atoms with Crippen molar-refractivity contribution in [3.63, 3.8) is 0 Å². The van der Waals surface area contributed by atoms with E-state index in [2.05, 4.69) is 0 Å². The van der Waals surface area contributed by atoms with Crippen molar-refractivity contribution in [3.8, 4) is 11.5 Å². The van der Waals surface area contributed by atoms with Gasteiger partial charge in [0.05, 0.1) is 13.2 Å². The van der Waals surface area contributed by atoms with Crippen LogP contribution in [-0.4, -0.2) is 13.2 Å². The lowest BCUT2D eigenvalue weighted by atomic mass is 10.2. The van der Waals surface area contributed by atoms with Gasteiger partial charge in [0.2, 0.25) is 0 Å². The molecule has 2 N–H and O–H groups in total. The number of hydrogen-bond acceptors (Lipinski definition) is 3. The highest BCUT2D eigenvalue weighted by Crippen LogP contribution is 2.30. The van der Waals surface area contributed by atoms with Gasteiger partial charge in [0.1, 0.15) is 5.82 Å². The van der Waals surface area contributed by atoms with E-state index in [4.69, 9.17) is 15.2 Å². The second kappa shape index (κ2) is 5.56. The third-order valence-corrected chi connectivity index (χ3v) is 1.93. The lowest BCUT2D eigenvalue weighted by molar-refractivity contribution is 0.285. The standard InChI is InChI=1S/C11H16FNO2/c1-3-14-10-5-8(7-13)9(12)6-11(10)15-4-2/h5-6H,3-4,7,13H2,1-2H3. The molecule has 0 atom stereocenters. The van der Waals surface area contributed by atoms with E-state index in [0.717, 1.165) is 0 Å². The Morgan fingerprint density at radius 1 is 1.13 bits per heavy atom. The Morgan fingerprint density at radius 2 is 1.67 bits per heavy atom. The van der Waals surface area contributed by atoms with E-state index in [0.29, 0.717) is 30.3 Å². The maximum absolute atomic E-state index is 13.4. The fourth-order valence-electron chi connectivity index (χ4n) is 1.27. The molecule has 3 nitrogen and oxygen atoms in total. The number of hydrogen-bond donors (Lipinski definition) is 1. The summed E-state index contributed by atoms with van der Waals surface area (Å²) in [5, 5.41) is 0. The van der Waals surface area contributed by atoms with E-state index >= 15 is 0 Å². The van der Waals surface area contributed by atoms with Crippen molar-refractivity contribution in [1.29, 1.82) is 0 Å². The van der Waals surface area contributed by atoms with Gasteiger partial charge in [0.25, 0.3) is 0 Å². The molecule has 0 bridgehead atoms. The van der Waals surface area contributed by atoms with Gasteiger partial charge in [-0.1, -0.05) is 0 Å². The summed E-state index contributed by atoms with van der Waals surface area (Å²) in [5.74, 6) is 0.611. The zero-order valence-corrected chi connectivity index (χ0v) is 9.05. The van der Waals surface area contributed by atoms with Crippen molar-refractivity contribution < 1.29 is 13.9 Å². The summed E-state index contributed by atoms with van der Waals surface area (Å²) < 4.78 is 24.0. The Hall–Kier alpha value is -1.29. The second-order valence-electron chi connectivity index (χ2n) is 2.96. The molecular weight excluding hydrogens is 197 g/mol. The Kier molecular flexibility index (Phi) is 4.37. The second-order valence-corrected chi connectivity index (χ2v) is 2.96. The number of benzene rings is 1. The summed E-state index contributed by atoms with van der Waals surface area (Å²) in [7, 11) is 0. The summed E-state index contributed by atoms with van der Waals surface area (Å²) in [6, 6.07) is 2.90. The topological polar surface area (TPSA) is 44.5 Å². The van der Waals surface area contributed by atoms with E-state index in [1.165, 1.54) is 6.07 Å². The Morgan fingerprint density at radius 3 is 2.13 bits per heavy atom. The quantitative estimate of drug-likeness (QED) is 0.814. The molecule has 0 aliphatic carbocycles. The SMILES string of the molecule is CCOc1cc(F)c(CN)cc1OCC. The maximum Gasteiger partial charge on any atom is 0.164 e. The van der Waals surface area contributed by atoms with Gasteiger partial charge in [0.15, 0.2) is 11.5 Å². The molecule has 0 heterocycles. The summed E-state index contributed by atoms with van der Waals surface area (Å²) in [4.78, 5) is 0. The van der Waals surface area contributed by atoms with Crippen LogP contribution in [0.2, 0.25) is 0 Å². The molecule has 0 aliphatic rings. The molecule has 0 radical (unpaired) electrons. The van der Waals surface area contributed by atoms with Gasteiger partial charge in [-0.15, -0.1) is 0 Å². The normalized spacial score (nSPS) is 10.1. The van der Waals surface area contributed by atoms with Crippen molar-refractivity contribution >= 4 is 0 Å². The molecule has 0 saturated carbocycles. The minimum atomic E-state index is -0.357. The van der Waals surface area contributed by atoms with Crippen LogP contribution in [0.5, 0.6) is 11.5 Å². The van der Waals surface area contributed by atoms with Crippen LogP contribution >= 0.6 is 0 Å². The molecule has 1 aromatic carbocycles. The van der Waals surface area contributed by atoms with Crippen LogP contribution in [0.1, 0.15) is 19.4 Å². The predicted octanol–water partition coefficient (Wildman–Crippen LogP) is 2.08. The van der Waals surface area contributed by atoms with Gasteiger partial charge >= 0.3 is 0 Å². The van der Waals surface area contributed by atoms with E-state index in [1.807, 2.05) is 13.8 Å². The van der Waals surface area contributed by atoms with Gasteiger partial charge in [-0.3, -0.25) is 0 Å². The zero-order valence-electron chi connectivity index (χ0n) is 9.05. The van der Waals surface area contributed by atoms with Crippen LogP contribution < -0.4 is 15.2 Å². The number of rotatable bonds is 5. The van der Waals surface area contributed by atoms with Gasteiger partial charge in [-0.25, -0.2) is 4.39 Å². The monoisotopic (exact) mass is 213 g/mol. The molecular formula is C11H16FNO2. The lowest BCUT2D eigenvalue weighted by Crippen LogP contribution is -2.04. The highest BCUT2D eigenvalue weighted by atomic mass is 19.1. The zero-order chi connectivity index (χ0) is 11.3. The Labute approximate surface area is 89.0 Å². The van der Waals surface area contributed by atoms with Crippen molar-refractivity contribution in [2.24, 2.45) is 5.73 Å². The van der Waals surface area contributed by atoms with Crippen molar-refractivity contribution in [1.82, 2.24) is 0 Å². The molecule has 0 saturated heterocycles. The van der Waals surface area contributed by atoms with Crippen LogP contribution in [-0.2, 0) is 6.54 Å². The van der Waals surface area contributed by atoms with Gasteiger partial charge in [-0.2, -0.15) is 0 Å². The molecule has 0 unspecified atom stereocenters. The van der Waals surface area contributed by atoms with E-state index in [9.17, 15) is 4.39 Å². The third-order valence-electron chi connectivity index (χ3n) is 1.93. The first-order valence-electron chi connectivity index (χ1n) is 5.01. The molecule has 1 rings (SSSR count). The van der Waals surface area contributed by atoms with E-state index in [1.54, 1.807) is 6.07 Å². The minimum absolute atomic E-state index is 0.151. The molecule has 84 valence electrons. The minimum Gasteiger partial charge on any atom is -0.490 e. The third kappa shape index (κ3) is 2.83. The largest absolute Gasteiger partial charge is 0.490 e. The predicted molar refractivity (Wildman–Crippen MR) is 56.6 cm³/mol. The van der Waals surface area contributed by atoms with Crippen LogP contribution in [0.4, 0.5) is 4.39 Å². The average molecular weight is 213 g/mol. The fraction of sp³-hybridized carbons (Fsp3) is 0.455. The first kappa shape index (κ1) is 11.8. The first-order chi connectivity index (χ1) is 7.22. The van der Waals surface area contributed by atoms with Crippen LogP contribution in [0.25, 0.3) is 0 Å². The molecule has 15 heavy (non-hydrogen) atoms. The van der Waals surface area contributed by atoms with Crippen LogP contribution in [0.15, 0.2) is 12.1 Å². The summed E-state index contributed by atoms with van der Waals surface area (Å²) in [5.41, 5.74) is 5.84. The molecule has 4 heteroatoms. The molecule has 0 aromatic heterocycles. The van der Waals surface area contributed by atoms with Crippen molar-refractivity contribution in [3.05, 3.63) is 23.5 Å². The van der Waals surface area contributed by atoms with Gasteiger partial charge in [-0.05, 0) is 19.9 Å². The number of nitrogens with two attached hydrogens (primary N) is 1. The highest BCUT2D eigenvalue weighted by molar-refractivity contribution is 5.43. The molecule has 0 spiro atoms.